The number of alkyl halides is 1. The summed E-state index contributed by atoms with van der Waals surface area (Å²) in [7, 11) is 0. The van der Waals surface area contributed by atoms with Crippen LogP contribution in [0.25, 0.3) is 0 Å². The van der Waals surface area contributed by atoms with Crippen molar-refractivity contribution in [3.8, 4) is 0 Å². The smallest absolute Gasteiger partial charge is 0.433 e. The van der Waals surface area contributed by atoms with Crippen molar-refractivity contribution in [3.63, 3.8) is 0 Å². The molecule has 162 valence electrons. The molecule has 0 N–H and O–H groups in total. The lowest BCUT2D eigenvalue weighted by Gasteiger charge is -2.60. The van der Waals surface area contributed by atoms with Crippen LogP contribution in [0.15, 0.2) is 5.29 Å². The number of nitroso groups, excluding NO2 is 1. The average Bonchev–Trinajstić information content (AvgIpc) is 3.03. The Balaban J connectivity index is 1.49. The monoisotopic (exact) mass is 424 g/mol. The normalized spacial score (nSPS) is 43.7. The number of hydrogen-bond donors (Lipinski definition) is 0. The number of fused-ring (bicyclic) bond motifs is 5. The molecule has 4 rings (SSSR count). The van der Waals surface area contributed by atoms with Gasteiger partial charge in [0.1, 0.15) is 11.9 Å². The van der Waals surface area contributed by atoms with Gasteiger partial charge < -0.3 is 4.74 Å². The first-order valence-electron chi connectivity index (χ1n) is 11.2. The predicted octanol–water partition coefficient (Wildman–Crippen LogP) is 5.33. The minimum absolute atomic E-state index is 0.0416. The van der Waals surface area contributed by atoms with Crippen molar-refractivity contribution in [2.45, 2.75) is 77.7 Å². The first-order chi connectivity index (χ1) is 13.8. The van der Waals surface area contributed by atoms with Gasteiger partial charge in [-0.25, -0.2) is 4.79 Å². The number of carbonyl (C=O) groups excluding carboxylic acids is 2. The summed E-state index contributed by atoms with van der Waals surface area (Å²) in [5, 5.41) is 3.56. The fourth-order valence-electron chi connectivity index (χ4n) is 7.62. The van der Waals surface area contributed by atoms with Crippen LogP contribution in [0.3, 0.4) is 0 Å². The van der Waals surface area contributed by atoms with Crippen molar-refractivity contribution < 1.29 is 14.3 Å². The summed E-state index contributed by atoms with van der Waals surface area (Å²) in [6, 6.07) is 0. The quantitative estimate of drug-likeness (QED) is 0.347. The molecule has 0 saturated heterocycles. The molecular weight excluding hydrogens is 392 g/mol. The maximum Gasteiger partial charge on any atom is 0.433 e. The zero-order chi connectivity index (χ0) is 20.8. The lowest BCUT2D eigenvalue weighted by molar-refractivity contribution is -0.142. The molecule has 4 aliphatic carbocycles. The van der Waals surface area contributed by atoms with Gasteiger partial charge in [-0.2, -0.15) is 5.01 Å². The molecule has 0 radical (unpaired) electrons. The topological polar surface area (TPSA) is 76.0 Å². The molecule has 0 aliphatic heterocycles. The van der Waals surface area contributed by atoms with Gasteiger partial charge in [-0.15, -0.1) is 16.5 Å². The molecule has 29 heavy (non-hydrogen) atoms. The fourth-order valence-corrected chi connectivity index (χ4v) is 7.78. The number of halogens is 1. The van der Waals surface area contributed by atoms with Gasteiger partial charge in [0.15, 0.2) is 0 Å². The maximum absolute atomic E-state index is 12.4. The number of amides is 1. The molecule has 0 aromatic heterocycles. The largest absolute Gasteiger partial charge is 0.444 e. The number of hydrogen-bond acceptors (Lipinski definition) is 5. The Bertz CT molecular complexity index is 688. The van der Waals surface area contributed by atoms with Crippen LogP contribution in [-0.4, -0.2) is 35.4 Å². The zero-order valence-electron chi connectivity index (χ0n) is 17.6. The summed E-state index contributed by atoms with van der Waals surface area (Å²) in [6.45, 7) is 4.79. The highest BCUT2D eigenvalue weighted by Gasteiger charge is 2.61. The Morgan fingerprint density at radius 1 is 1.14 bits per heavy atom. The van der Waals surface area contributed by atoms with E-state index >= 15 is 0 Å². The van der Waals surface area contributed by atoms with E-state index in [4.69, 9.17) is 16.3 Å². The third kappa shape index (κ3) is 3.39. The molecule has 7 heteroatoms. The number of ketones is 1. The van der Waals surface area contributed by atoms with Gasteiger partial charge in [0.05, 0.1) is 11.8 Å². The summed E-state index contributed by atoms with van der Waals surface area (Å²) >= 11 is 5.66. The lowest BCUT2D eigenvalue weighted by atomic mass is 9.45. The van der Waals surface area contributed by atoms with Gasteiger partial charge in [-0.3, -0.25) is 4.79 Å². The number of ether oxygens (including phenoxy) is 1. The molecule has 0 heterocycles. The van der Waals surface area contributed by atoms with Crippen molar-refractivity contribution >= 4 is 23.5 Å². The first-order valence-corrected chi connectivity index (χ1v) is 11.8. The van der Waals surface area contributed by atoms with Gasteiger partial charge in [-0.1, -0.05) is 13.8 Å². The van der Waals surface area contributed by atoms with Gasteiger partial charge in [-0.05, 0) is 74.0 Å². The van der Waals surface area contributed by atoms with E-state index in [0.717, 1.165) is 56.4 Å². The van der Waals surface area contributed by atoms with Crippen LogP contribution in [0.5, 0.6) is 0 Å². The minimum atomic E-state index is -0.670. The molecule has 0 aromatic rings. The molecule has 0 unspecified atom stereocenters. The molecule has 0 bridgehead atoms. The standard InChI is InChI=1S/C22H33ClN2O4/c1-21-9-7-15(26)13-14(21)3-4-16-17-5-6-19(22(17,2)10-8-18(16)21)29-20(27)25(24-28)12-11-23/h14,16-19H,3-13H2,1-2H3/t14-,16+,17+,18+,19+,21+,22+/m1/s1. The number of nitrogens with zero attached hydrogens (tertiary/aromatic N) is 2. The molecule has 0 spiro atoms. The van der Waals surface area contributed by atoms with E-state index in [9.17, 15) is 14.5 Å². The molecule has 4 aliphatic rings. The molecule has 4 saturated carbocycles. The number of Topliss-reactive ketones (excluding diaryl/α,β-unsaturated/α-hetero) is 1. The molecule has 4 fully saturated rings. The summed E-state index contributed by atoms with van der Waals surface area (Å²) in [6.07, 6.45) is 8.16. The molecule has 7 atom stereocenters. The van der Waals surface area contributed by atoms with Crippen molar-refractivity contribution in [1.29, 1.82) is 0 Å². The third-order valence-corrected chi connectivity index (χ3v) is 9.41. The van der Waals surface area contributed by atoms with Crippen LogP contribution in [0, 0.1) is 39.4 Å². The number of rotatable bonds is 4. The molecule has 6 nitrogen and oxygen atoms in total. The minimum Gasteiger partial charge on any atom is -0.444 e. The van der Waals surface area contributed by atoms with Crippen LogP contribution in [-0.2, 0) is 9.53 Å². The van der Waals surface area contributed by atoms with Crippen molar-refractivity contribution in [2.24, 2.45) is 39.8 Å². The lowest BCUT2D eigenvalue weighted by Crippen LogP contribution is -2.54. The summed E-state index contributed by atoms with van der Waals surface area (Å²) in [5.74, 6) is 3.01. The van der Waals surface area contributed by atoms with Crippen molar-refractivity contribution in [1.82, 2.24) is 5.01 Å². The van der Waals surface area contributed by atoms with E-state index in [1.807, 2.05) is 0 Å². The van der Waals surface area contributed by atoms with E-state index in [1.54, 1.807) is 0 Å². The summed E-state index contributed by atoms with van der Waals surface area (Å²) < 4.78 is 5.80. The SMILES string of the molecule is C[C@]12CCC(=O)C[C@H]1CC[C@@H]1[C@@H]2CC[C@]2(C)[C@@H](OC(=O)N(CCCl)N=O)CC[C@@H]12. The second kappa shape index (κ2) is 7.82. The highest BCUT2D eigenvalue weighted by Crippen LogP contribution is 2.66. The van der Waals surface area contributed by atoms with E-state index in [-0.39, 0.29) is 29.4 Å². The molecular formula is C22H33ClN2O4. The second-order valence-electron chi connectivity index (χ2n) is 10.3. The van der Waals surface area contributed by atoms with Gasteiger partial charge in [0.2, 0.25) is 0 Å². The fraction of sp³-hybridized carbons (Fsp3) is 0.909. The van der Waals surface area contributed by atoms with Crippen LogP contribution >= 0.6 is 11.6 Å². The average molecular weight is 425 g/mol. The Kier molecular flexibility index (Phi) is 5.69. The van der Waals surface area contributed by atoms with E-state index in [2.05, 4.69) is 19.1 Å². The van der Waals surface area contributed by atoms with Crippen LogP contribution in [0.4, 0.5) is 4.79 Å². The van der Waals surface area contributed by atoms with E-state index < -0.39 is 6.09 Å². The zero-order valence-corrected chi connectivity index (χ0v) is 18.3. The number of carbonyl (C=O) groups is 2. The summed E-state index contributed by atoms with van der Waals surface area (Å²) in [4.78, 5) is 35.4. The highest BCUT2D eigenvalue weighted by atomic mass is 35.5. The third-order valence-electron chi connectivity index (χ3n) is 9.24. The van der Waals surface area contributed by atoms with Gasteiger partial charge >= 0.3 is 6.09 Å². The van der Waals surface area contributed by atoms with Crippen molar-refractivity contribution in [2.75, 3.05) is 12.4 Å². The molecule has 1 amide bonds. The second-order valence-corrected chi connectivity index (χ2v) is 10.7. The van der Waals surface area contributed by atoms with Crippen LogP contribution < -0.4 is 0 Å². The van der Waals surface area contributed by atoms with E-state index in [1.165, 1.54) is 6.42 Å². The van der Waals surface area contributed by atoms with E-state index in [0.29, 0.717) is 29.5 Å². The highest BCUT2D eigenvalue weighted by molar-refractivity contribution is 6.18. The maximum atomic E-state index is 12.4. The van der Waals surface area contributed by atoms with Crippen molar-refractivity contribution in [3.05, 3.63) is 4.91 Å². The molecule has 0 aromatic carbocycles. The van der Waals surface area contributed by atoms with Gasteiger partial charge in [0.25, 0.3) is 0 Å². The van der Waals surface area contributed by atoms with Crippen LogP contribution in [0.1, 0.15) is 71.6 Å². The Morgan fingerprint density at radius 3 is 2.62 bits per heavy atom. The Morgan fingerprint density at radius 2 is 1.90 bits per heavy atom. The predicted molar refractivity (Wildman–Crippen MR) is 110 cm³/mol. The first kappa shape index (κ1) is 21.1. The summed E-state index contributed by atoms with van der Waals surface area (Å²) in [5.41, 5.74) is 0.242. The Labute approximate surface area is 178 Å². The van der Waals surface area contributed by atoms with Crippen LogP contribution in [0.2, 0.25) is 0 Å². The van der Waals surface area contributed by atoms with Gasteiger partial charge in [0, 0.05) is 24.1 Å². The Hall–Kier alpha value is -1.17.